The van der Waals surface area contributed by atoms with Crippen molar-refractivity contribution < 1.29 is 37.1 Å². The molecular formula is C24H23F3IN3O5. The Morgan fingerprint density at radius 2 is 1.67 bits per heavy atom. The predicted molar refractivity (Wildman–Crippen MR) is 133 cm³/mol. The summed E-state index contributed by atoms with van der Waals surface area (Å²) in [6.07, 6.45) is -0.415. The van der Waals surface area contributed by atoms with Crippen molar-refractivity contribution in [1.29, 1.82) is 0 Å². The number of benzene rings is 1. The summed E-state index contributed by atoms with van der Waals surface area (Å²) < 4.78 is 38.1. The molecule has 0 bridgehead atoms. The van der Waals surface area contributed by atoms with E-state index in [1.807, 2.05) is 45.0 Å². The molecule has 2 N–H and O–H groups in total. The highest BCUT2D eigenvalue weighted by Crippen LogP contribution is 2.30. The number of pyridine rings is 1. The van der Waals surface area contributed by atoms with Gasteiger partial charge in [-0.2, -0.15) is 13.2 Å². The van der Waals surface area contributed by atoms with Gasteiger partial charge in [0.2, 0.25) is 5.91 Å². The Kier molecular flexibility index (Phi) is 9.62. The molecule has 0 radical (unpaired) electrons. The highest BCUT2D eigenvalue weighted by atomic mass is 127. The number of alkyl halides is 3. The standard InChI is InChI=1S/C22H22IN3O3.C2HF3O2/c1-22(2,3)25-20(27)19(15-6-4-12-24-14-15)26(17-10-8-16(23)9-11-17)21(28)18-7-5-13-29-18;3-2(4,5)1(6)7/h4-14,19H,1-3H3,(H,25,27);(H,6,7). The van der Waals surface area contributed by atoms with Gasteiger partial charge >= 0.3 is 12.1 Å². The number of anilines is 1. The Bertz CT molecular complexity index is 1160. The van der Waals surface area contributed by atoms with E-state index >= 15 is 0 Å². The lowest BCUT2D eigenvalue weighted by Crippen LogP contribution is -2.49. The maximum Gasteiger partial charge on any atom is 0.490 e. The maximum absolute atomic E-state index is 13.4. The topological polar surface area (TPSA) is 113 Å². The molecule has 0 fully saturated rings. The molecular weight excluding hydrogens is 594 g/mol. The van der Waals surface area contributed by atoms with Crippen LogP contribution in [0.3, 0.4) is 0 Å². The van der Waals surface area contributed by atoms with E-state index in [-0.39, 0.29) is 11.7 Å². The first kappa shape index (κ1) is 28.8. The van der Waals surface area contributed by atoms with Gasteiger partial charge in [0.1, 0.15) is 6.04 Å². The zero-order chi connectivity index (χ0) is 27.1. The molecule has 192 valence electrons. The second-order valence-corrected chi connectivity index (χ2v) is 9.61. The largest absolute Gasteiger partial charge is 0.490 e. The second-order valence-electron chi connectivity index (χ2n) is 8.36. The number of nitrogens with zero attached hydrogens (tertiary/aromatic N) is 2. The van der Waals surface area contributed by atoms with Crippen molar-refractivity contribution in [2.24, 2.45) is 0 Å². The van der Waals surface area contributed by atoms with E-state index in [0.29, 0.717) is 11.3 Å². The molecule has 0 saturated heterocycles. The maximum atomic E-state index is 13.4. The van der Waals surface area contributed by atoms with Crippen LogP contribution in [-0.4, -0.2) is 39.6 Å². The molecule has 1 unspecified atom stereocenters. The van der Waals surface area contributed by atoms with Crippen molar-refractivity contribution in [1.82, 2.24) is 10.3 Å². The van der Waals surface area contributed by atoms with Gasteiger partial charge in [-0.1, -0.05) is 6.07 Å². The van der Waals surface area contributed by atoms with Gasteiger partial charge in [-0.25, -0.2) is 4.79 Å². The molecule has 0 aliphatic rings. The van der Waals surface area contributed by atoms with Gasteiger partial charge in [0.25, 0.3) is 5.91 Å². The molecule has 0 saturated carbocycles. The van der Waals surface area contributed by atoms with Gasteiger partial charge in [-0.15, -0.1) is 0 Å². The third-order valence-corrected chi connectivity index (χ3v) is 5.02. The van der Waals surface area contributed by atoms with Gasteiger partial charge < -0.3 is 14.8 Å². The highest BCUT2D eigenvalue weighted by molar-refractivity contribution is 14.1. The van der Waals surface area contributed by atoms with Crippen molar-refractivity contribution in [3.05, 3.63) is 82.1 Å². The monoisotopic (exact) mass is 617 g/mol. The molecule has 3 rings (SSSR count). The molecule has 12 heteroatoms. The first-order chi connectivity index (χ1) is 16.7. The van der Waals surface area contributed by atoms with Crippen LogP contribution in [0.25, 0.3) is 0 Å². The molecule has 1 aromatic carbocycles. The molecule has 0 aliphatic carbocycles. The van der Waals surface area contributed by atoms with Crippen LogP contribution < -0.4 is 10.2 Å². The molecule has 2 heterocycles. The lowest BCUT2D eigenvalue weighted by molar-refractivity contribution is -0.192. The van der Waals surface area contributed by atoms with Crippen molar-refractivity contribution in [3.8, 4) is 0 Å². The number of amides is 2. The number of carbonyl (C=O) groups excluding carboxylic acids is 2. The summed E-state index contributed by atoms with van der Waals surface area (Å²) >= 11 is 2.20. The third-order valence-electron chi connectivity index (χ3n) is 4.30. The van der Waals surface area contributed by atoms with Crippen molar-refractivity contribution in [2.45, 2.75) is 38.5 Å². The molecule has 3 aromatic rings. The number of furan rings is 1. The minimum absolute atomic E-state index is 0.154. The summed E-state index contributed by atoms with van der Waals surface area (Å²) in [5.74, 6) is -3.31. The number of aliphatic carboxylic acids is 1. The fraction of sp³-hybridized carbons (Fsp3) is 0.250. The molecule has 2 amide bonds. The third kappa shape index (κ3) is 8.36. The van der Waals surface area contributed by atoms with Crippen molar-refractivity contribution in [3.63, 3.8) is 0 Å². The molecule has 36 heavy (non-hydrogen) atoms. The molecule has 1 atom stereocenters. The smallest absolute Gasteiger partial charge is 0.475 e. The first-order valence-corrected chi connectivity index (χ1v) is 11.4. The first-order valence-electron chi connectivity index (χ1n) is 10.4. The number of carbonyl (C=O) groups is 3. The predicted octanol–water partition coefficient (Wildman–Crippen LogP) is 5.22. The van der Waals surface area contributed by atoms with Crippen molar-refractivity contribution in [2.75, 3.05) is 4.90 Å². The Morgan fingerprint density at radius 3 is 2.11 bits per heavy atom. The Labute approximate surface area is 218 Å². The van der Waals surface area contributed by atoms with E-state index in [0.717, 1.165) is 3.57 Å². The number of rotatable bonds is 5. The summed E-state index contributed by atoms with van der Waals surface area (Å²) in [7, 11) is 0. The van der Waals surface area contributed by atoms with Crippen LogP contribution in [0.1, 0.15) is 42.9 Å². The number of hydrogen-bond acceptors (Lipinski definition) is 5. The van der Waals surface area contributed by atoms with E-state index in [1.165, 1.54) is 11.2 Å². The van der Waals surface area contributed by atoms with E-state index in [1.54, 1.807) is 36.7 Å². The number of carboxylic acid groups (broad SMARTS) is 1. The van der Waals surface area contributed by atoms with Gasteiger partial charge in [0.15, 0.2) is 5.76 Å². The van der Waals surface area contributed by atoms with Gasteiger partial charge in [-0.3, -0.25) is 19.5 Å². The van der Waals surface area contributed by atoms with Crippen LogP contribution in [0, 0.1) is 3.57 Å². The minimum atomic E-state index is -5.08. The lowest BCUT2D eigenvalue weighted by atomic mass is 10.0. The zero-order valence-electron chi connectivity index (χ0n) is 19.4. The molecule has 0 aliphatic heterocycles. The molecule has 8 nitrogen and oxygen atoms in total. The minimum Gasteiger partial charge on any atom is -0.475 e. The summed E-state index contributed by atoms with van der Waals surface area (Å²) in [5.41, 5.74) is 0.723. The summed E-state index contributed by atoms with van der Waals surface area (Å²) in [6.45, 7) is 5.69. The summed E-state index contributed by atoms with van der Waals surface area (Å²) in [5, 5.41) is 10.1. The average Bonchev–Trinajstić information content (AvgIpc) is 3.32. The Balaban J connectivity index is 0.000000572. The van der Waals surface area contributed by atoms with Crippen LogP contribution in [0.2, 0.25) is 0 Å². The SMILES string of the molecule is CC(C)(C)NC(=O)C(c1cccnc1)N(C(=O)c1ccco1)c1ccc(I)cc1.O=C(O)C(F)(F)F. The lowest BCUT2D eigenvalue weighted by Gasteiger charge is -2.33. The quantitative estimate of drug-likeness (QED) is 0.380. The van der Waals surface area contributed by atoms with Crippen LogP contribution in [0.4, 0.5) is 18.9 Å². The Hall–Kier alpha value is -3.42. The average molecular weight is 617 g/mol. The summed E-state index contributed by atoms with van der Waals surface area (Å²) in [6, 6.07) is 13.3. The van der Waals surface area contributed by atoms with Crippen LogP contribution >= 0.6 is 22.6 Å². The zero-order valence-corrected chi connectivity index (χ0v) is 21.6. The fourth-order valence-electron chi connectivity index (χ4n) is 2.90. The van der Waals surface area contributed by atoms with E-state index in [2.05, 4.69) is 32.9 Å². The normalized spacial score (nSPS) is 12.1. The Morgan fingerprint density at radius 1 is 1.06 bits per heavy atom. The van der Waals surface area contributed by atoms with Gasteiger partial charge in [0.05, 0.1) is 6.26 Å². The number of carboxylic acids is 1. The number of hydrogen-bond donors (Lipinski definition) is 2. The van der Waals surface area contributed by atoms with E-state index in [4.69, 9.17) is 14.3 Å². The number of nitrogens with one attached hydrogen (secondary N) is 1. The number of aromatic nitrogens is 1. The van der Waals surface area contributed by atoms with Gasteiger partial charge in [0, 0.05) is 32.8 Å². The van der Waals surface area contributed by atoms with Crippen molar-refractivity contribution >= 4 is 46.1 Å². The van der Waals surface area contributed by atoms with E-state index < -0.39 is 29.6 Å². The molecule has 0 spiro atoms. The van der Waals surface area contributed by atoms with Crippen LogP contribution in [-0.2, 0) is 9.59 Å². The van der Waals surface area contributed by atoms with Crippen LogP contribution in [0.15, 0.2) is 71.6 Å². The van der Waals surface area contributed by atoms with Crippen LogP contribution in [0.5, 0.6) is 0 Å². The summed E-state index contributed by atoms with van der Waals surface area (Å²) in [4.78, 5) is 41.3. The van der Waals surface area contributed by atoms with E-state index in [9.17, 15) is 22.8 Å². The van der Waals surface area contributed by atoms with Gasteiger partial charge in [-0.05, 0) is 85.8 Å². The highest BCUT2D eigenvalue weighted by Gasteiger charge is 2.38. The number of halogens is 4. The molecule has 2 aromatic heterocycles. The fourth-order valence-corrected chi connectivity index (χ4v) is 3.26. The second kappa shape index (κ2) is 12.0.